The minimum absolute atomic E-state index is 0.344. The highest BCUT2D eigenvalue weighted by molar-refractivity contribution is 5.87. The van der Waals surface area contributed by atoms with E-state index >= 15 is 0 Å². The molecule has 118 valence electrons. The van der Waals surface area contributed by atoms with Gasteiger partial charge in [-0.3, -0.25) is 0 Å². The van der Waals surface area contributed by atoms with Crippen LogP contribution in [-0.4, -0.2) is 17.1 Å². The van der Waals surface area contributed by atoms with Gasteiger partial charge in [0, 0.05) is 17.3 Å². The summed E-state index contributed by atoms with van der Waals surface area (Å²) >= 11 is 0. The van der Waals surface area contributed by atoms with Gasteiger partial charge in [-0.05, 0) is 44.0 Å². The van der Waals surface area contributed by atoms with Crippen molar-refractivity contribution in [1.82, 2.24) is 9.97 Å². The van der Waals surface area contributed by atoms with E-state index in [1.807, 2.05) is 19.9 Å². The molecule has 3 aromatic rings. The zero-order valence-corrected chi connectivity index (χ0v) is 13.9. The van der Waals surface area contributed by atoms with E-state index in [-0.39, 0.29) is 5.54 Å². The first-order chi connectivity index (χ1) is 10.9. The third-order valence-electron chi connectivity index (χ3n) is 3.99. The highest BCUT2D eigenvalue weighted by atomic mass is 16.5. The third kappa shape index (κ3) is 2.90. The van der Waals surface area contributed by atoms with Crippen LogP contribution >= 0.6 is 0 Å². The second-order valence-corrected chi connectivity index (χ2v) is 6.34. The van der Waals surface area contributed by atoms with E-state index in [4.69, 9.17) is 15.5 Å². The second kappa shape index (κ2) is 5.63. The van der Waals surface area contributed by atoms with Gasteiger partial charge in [0.15, 0.2) is 0 Å². The number of ether oxygens (including phenoxy) is 1. The Morgan fingerprint density at radius 1 is 1.09 bits per heavy atom. The fourth-order valence-electron chi connectivity index (χ4n) is 2.68. The lowest BCUT2D eigenvalue weighted by Crippen LogP contribution is -2.28. The van der Waals surface area contributed by atoms with Crippen molar-refractivity contribution in [3.05, 3.63) is 53.7 Å². The van der Waals surface area contributed by atoms with Gasteiger partial charge in [-0.15, -0.1) is 0 Å². The molecule has 1 aromatic carbocycles. The number of hydrogen-bond donors (Lipinski definition) is 1. The van der Waals surface area contributed by atoms with Gasteiger partial charge in [-0.1, -0.05) is 24.3 Å². The number of benzene rings is 1. The number of nitrogens with two attached hydrogens (primary N) is 1. The van der Waals surface area contributed by atoms with Crippen LogP contribution in [0.3, 0.4) is 0 Å². The van der Waals surface area contributed by atoms with Crippen molar-refractivity contribution in [1.29, 1.82) is 0 Å². The van der Waals surface area contributed by atoms with Gasteiger partial charge in [0.05, 0.1) is 23.7 Å². The van der Waals surface area contributed by atoms with E-state index in [9.17, 15) is 0 Å². The molecule has 0 unspecified atom stereocenters. The van der Waals surface area contributed by atoms with Gasteiger partial charge >= 0.3 is 0 Å². The first-order valence-electron chi connectivity index (χ1n) is 7.60. The lowest BCUT2D eigenvalue weighted by atomic mass is 9.94. The summed E-state index contributed by atoms with van der Waals surface area (Å²) in [7, 11) is 1.62. The number of rotatable bonds is 3. The number of aryl methyl sites for hydroxylation is 1. The van der Waals surface area contributed by atoms with Gasteiger partial charge < -0.3 is 10.5 Å². The van der Waals surface area contributed by atoms with E-state index in [2.05, 4.69) is 42.2 Å². The van der Waals surface area contributed by atoms with Crippen molar-refractivity contribution in [2.45, 2.75) is 26.3 Å². The topological polar surface area (TPSA) is 61.0 Å². The largest absolute Gasteiger partial charge is 0.481 e. The smallest absolute Gasteiger partial charge is 0.222 e. The average molecular weight is 307 g/mol. The monoisotopic (exact) mass is 307 g/mol. The summed E-state index contributed by atoms with van der Waals surface area (Å²) in [6, 6.07) is 12.2. The molecule has 0 aliphatic heterocycles. The van der Waals surface area contributed by atoms with Crippen LogP contribution in [0.2, 0.25) is 0 Å². The van der Waals surface area contributed by atoms with Gasteiger partial charge in [0.2, 0.25) is 5.88 Å². The van der Waals surface area contributed by atoms with E-state index < -0.39 is 0 Å². The Labute approximate surface area is 136 Å². The molecule has 0 aliphatic carbocycles. The molecule has 0 spiro atoms. The van der Waals surface area contributed by atoms with Gasteiger partial charge in [0.25, 0.3) is 0 Å². The molecule has 2 N–H and O–H groups in total. The lowest BCUT2D eigenvalue weighted by Gasteiger charge is -2.19. The highest BCUT2D eigenvalue weighted by Crippen LogP contribution is 2.29. The fraction of sp³-hybridized carbons (Fsp3) is 0.263. The highest BCUT2D eigenvalue weighted by Gasteiger charge is 2.15. The molecule has 0 amide bonds. The Bertz CT molecular complexity index is 849. The van der Waals surface area contributed by atoms with Gasteiger partial charge in [-0.25, -0.2) is 9.97 Å². The quantitative estimate of drug-likeness (QED) is 0.799. The molecule has 0 bridgehead atoms. The molecule has 0 radical (unpaired) electrons. The Kier molecular flexibility index (Phi) is 3.78. The minimum atomic E-state index is -0.344. The van der Waals surface area contributed by atoms with Crippen molar-refractivity contribution in [3.8, 4) is 17.1 Å². The van der Waals surface area contributed by atoms with Crippen LogP contribution in [-0.2, 0) is 5.54 Å². The Morgan fingerprint density at radius 2 is 1.78 bits per heavy atom. The fourth-order valence-corrected chi connectivity index (χ4v) is 2.68. The zero-order chi connectivity index (χ0) is 16.6. The number of aromatic nitrogens is 2. The molecule has 4 heteroatoms. The number of pyridine rings is 2. The van der Waals surface area contributed by atoms with Gasteiger partial charge in [0.1, 0.15) is 0 Å². The van der Waals surface area contributed by atoms with Gasteiger partial charge in [-0.2, -0.15) is 0 Å². The molecule has 0 atom stereocenters. The van der Waals surface area contributed by atoms with Crippen LogP contribution in [0.25, 0.3) is 22.2 Å². The van der Waals surface area contributed by atoms with E-state index in [1.54, 1.807) is 13.3 Å². The summed E-state index contributed by atoms with van der Waals surface area (Å²) in [6.45, 7) is 6.05. The zero-order valence-electron chi connectivity index (χ0n) is 13.9. The van der Waals surface area contributed by atoms with Crippen molar-refractivity contribution < 1.29 is 4.74 Å². The summed E-state index contributed by atoms with van der Waals surface area (Å²) < 4.78 is 5.32. The Hall–Kier alpha value is -2.46. The molecule has 2 aromatic heterocycles. The maximum atomic E-state index is 6.15. The first kappa shape index (κ1) is 15.4. The molecule has 0 saturated heterocycles. The second-order valence-electron chi connectivity index (χ2n) is 6.34. The van der Waals surface area contributed by atoms with Crippen LogP contribution in [0.15, 0.2) is 42.6 Å². The molecule has 2 heterocycles. The molecule has 0 aliphatic rings. The van der Waals surface area contributed by atoms with Crippen LogP contribution < -0.4 is 10.5 Å². The van der Waals surface area contributed by atoms with E-state index in [0.717, 1.165) is 33.3 Å². The molecule has 3 rings (SSSR count). The Morgan fingerprint density at radius 3 is 2.39 bits per heavy atom. The van der Waals surface area contributed by atoms with Crippen molar-refractivity contribution >= 4 is 10.9 Å². The Balaban J connectivity index is 2.11. The van der Waals surface area contributed by atoms with Crippen LogP contribution in [0, 0.1) is 6.92 Å². The number of hydrogen-bond acceptors (Lipinski definition) is 4. The van der Waals surface area contributed by atoms with Crippen molar-refractivity contribution in [2.75, 3.05) is 7.11 Å². The normalized spacial score (nSPS) is 11.7. The number of fused-ring (bicyclic) bond motifs is 1. The number of nitrogens with zero attached hydrogens (tertiary/aromatic N) is 2. The SMILES string of the molecule is COc1nccc2nc(-c3ccc(C(C)(C)N)cc3)c(C)cc12. The summed E-state index contributed by atoms with van der Waals surface area (Å²) in [4.78, 5) is 9.03. The van der Waals surface area contributed by atoms with Crippen molar-refractivity contribution in [3.63, 3.8) is 0 Å². The van der Waals surface area contributed by atoms with Crippen LogP contribution in [0.4, 0.5) is 0 Å². The van der Waals surface area contributed by atoms with E-state index in [1.165, 1.54) is 0 Å². The minimum Gasteiger partial charge on any atom is -0.481 e. The molecule has 23 heavy (non-hydrogen) atoms. The maximum Gasteiger partial charge on any atom is 0.222 e. The molecule has 4 nitrogen and oxygen atoms in total. The molecular formula is C19H21N3O. The standard InChI is InChI=1S/C19H21N3O/c1-12-11-15-16(9-10-21-18(15)23-4)22-17(12)13-5-7-14(8-6-13)19(2,3)20/h5-11H,20H2,1-4H3. The predicted molar refractivity (Wildman–Crippen MR) is 93.5 cm³/mol. The summed E-state index contributed by atoms with van der Waals surface area (Å²) in [5, 5.41) is 0.927. The molecule has 0 fully saturated rings. The summed E-state index contributed by atoms with van der Waals surface area (Å²) in [5.74, 6) is 0.602. The first-order valence-corrected chi connectivity index (χ1v) is 7.60. The van der Waals surface area contributed by atoms with Crippen LogP contribution in [0.1, 0.15) is 25.0 Å². The molecule has 0 saturated carbocycles. The number of methoxy groups -OCH3 is 1. The van der Waals surface area contributed by atoms with Crippen LogP contribution in [0.5, 0.6) is 5.88 Å². The molecular weight excluding hydrogens is 286 g/mol. The summed E-state index contributed by atoms with van der Waals surface area (Å²) in [6.07, 6.45) is 1.72. The maximum absolute atomic E-state index is 6.15. The van der Waals surface area contributed by atoms with E-state index in [0.29, 0.717) is 5.88 Å². The average Bonchev–Trinajstić information content (AvgIpc) is 2.53. The summed E-state index contributed by atoms with van der Waals surface area (Å²) in [5.41, 5.74) is 10.9. The third-order valence-corrected chi connectivity index (χ3v) is 3.99. The van der Waals surface area contributed by atoms with Crippen molar-refractivity contribution in [2.24, 2.45) is 5.73 Å². The predicted octanol–water partition coefficient (Wildman–Crippen LogP) is 3.81. The lowest BCUT2D eigenvalue weighted by molar-refractivity contribution is 0.403.